The quantitative estimate of drug-likeness (QED) is 0.658. The molecule has 0 radical (unpaired) electrons. The van der Waals surface area contributed by atoms with Gasteiger partial charge in [-0.15, -0.1) is 0 Å². The van der Waals surface area contributed by atoms with E-state index in [1.165, 1.54) is 6.07 Å². The molecule has 0 bridgehead atoms. The number of amides is 1. The van der Waals surface area contributed by atoms with Crippen molar-refractivity contribution in [1.29, 1.82) is 0 Å². The fourth-order valence-corrected chi connectivity index (χ4v) is 2.16. The van der Waals surface area contributed by atoms with E-state index in [4.69, 9.17) is 17.3 Å². The summed E-state index contributed by atoms with van der Waals surface area (Å²) in [5.41, 5.74) is 5.41. The van der Waals surface area contributed by atoms with Gasteiger partial charge in [-0.25, -0.2) is 9.37 Å². The summed E-state index contributed by atoms with van der Waals surface area (Å²) in [7, 11) is 0. The Balaban J connectivity index is 1.89. The molecule has 0 saturated heterocycles. The van der Waals surface area contributed by atoms with Crippen LogP contribution in [0, 0.1) is 12.7 Å². The number of halogens is 2. The standard InChI is InChI=1S/C14H16ClFN4O/c1-9-18-4-6-20(9)5-2-3-19-14(21)11-7-10(15)8-12(16)13(11)17/h4,6-8H,2-3,5,17H2,1H3,(H,19,21). The Bertz CT molecular complexity index is 656. The highest BCUT2D eigenvalue weighted by molar-refractivity contribution is 6.31. The van der Waals surface area contributed by atoms with E-state index < -0.39 is 11.7 Å². The van der Waals surface area contributed by atoms with Crippen LogP contribution in [-0.4, -0.2) is 22.0 Å². The average Bonchev–Trinajstić information content (AvgIpc) is 2.84. The Morgan fingerprint density at radius 3 is 2.95 bits per heavy atom. The molecule has 0 aliphatic carbocycles. The van der Waals surface area contributed by atoms with Crippen LogP contribution in [0.25, 0.3) is 0 Å². The molecule has 1 heterocycles. The number of nitrogens with two attached hydrogens (primary N) is 1. The van der Waals surface area contributed by atoms with E-state index in [0.29, 0.717) is 6.54 Å². The molecule has 0 spiro atoms. The van der Waals surface area contributed by atoms with Gasteiger partial charge in [0.25, 0.3) is 5.91 Å². The van der Waals surface area contributed by atoms with Gasteiger partial charge < -0.3 is 15.6 Å². The molecule has 1 aromatic heterocycles. The van der Waals surface area contributed by atoms with E-state index in [9.17, 15) is 9.18 Å². The minimum Gasteiger partial charge on any atom is -0.396 e. The van der Waals surface area contributed by atoms with E-state index in [1.807, 2.05) is 17.7 Å². The second-order valence-corrected chi connectivity index (χ2v) is 5.06. The van der Waals surface area contributed by atoms with Gasteiger partial charge in [0.1, 0.15) is 11.6 Å². The predicted molar refractivity (Wildman–Crippen MR) is 79.7 cm³/mol. The van der Waals surface area contributed by atoms with Crippen LogP contribution in [-0.2, 0) is 6.54 Å². The van der Waals surface area contributed by atoms with Crippen LogP contribution < -0.4 is 11.1 Å². The average molecular weight is 311 g/mol. The first-order chi connectivity index (χ1) is 9.99. The number of carbonyl (C=O) groups is 1. The van der Waals surface area contributed by atoms with Crippen LogP contribution in [0.2, 0.25) is 5.02 Å². The van der Waals surface area contributed by atoms with Crippen molar-refractivity contribution < 1.29 is 9.18 Å². The zero-order valence-corrected chi connectivity index (χ0v) is 12.3. The number of nitrogens with one attached hydrogen (secondary N) is 1. The van der Waals surface area contributed by atoms with Crippen molar-refractivity contribution >= 4 is 23.2 Å². The molecule has 2 aromatic rings. The lowest BCUT2D eigenvalue weighted by Gasteiger charge is -2.09. The summed E-state index contributed by atoms with van der Waals surface area (Å²) in [6.07, 6.45) is 4.33. The Morgan fingerprint density at radius 2 is 2.29 bits per heavy atom. The summed E-state index contributed by atoms with van der Waals surface area (Å²) >= 11 is 5.73. The molecular formula is C14H16ClFN4O. The lowest BCUT2D eigenvalue weighted by Crippen LogP contribution is -2.26. The van der Waals surface area contributed by atoms with Crippen molar-refractivity contribution in [2.24, 2.45) is 0 Å². The molecule has 0 saturated carbocycles. The molecule has 112 valence electrons. The number of aryl methyl sites for hydroxylation is 2. The molecule has 0 unspecified atom stereocenters. The van der Waals surface area contributed by atoms with E-state index in [0.717, 1.165) is 24.9 Å². The maximum Gasteiger partial charge on any atom is 0.253 e. The molecule has 0 atom stereocenters. The van der Waals surface area contributed by atoms with Gasteiger partial charge in [0.05, 0.1) is 11.3 Å². The number of imidazole rings is 1. The molecule has 1 aromatic carbocycles. The molecule has 0 aliphatic rings. The summed E-state index contributed by atoms with van der Waals surface area (Å²) < 4.78 is 15.4. The molecule has 21 heavy (non-hydrogen) atoms. The maximum atomic E-state index is 13.4. The minimum absolute atomic E-state index is 0.0545. The lowest BCUT2D eigenvalue weighted by molar-refractivity contribution is 0.0953. The Labute approximate surface area is 126 Å². The minimum atomic E-state index is -0.693. The van der Waals surface area contributed by atoms with E-state index in [1.54, 1.807) is 6.20 Å². The number of anilines is 1. The topological polar surface area (TPSA) is 72.9 Å². The van der Waals surface area contributed by atoms with Gasteiger partial charge in [-0.1, -0.05) is 11.6 Å². The number of nitrogens with zero attached hydrogens (tertiary/aromatic N) is 2. The number of benzene rings is 1. The van der Waals surface area contributed by atoms with Gasteiger partial charge in [-0.3, -0.25) is 4.79 Å². The van der Waals surface area contributed by atoms with Crippen molar-refractivity contribution in [2.75, 3.05) is 12.3 Å². The second-order valence-electron chi connectivity index (χ2n) is 4.63. The summed E-state index contributed by atoms with van der Waals surface area (Å²) in [6.45, 7) is 3.10. The van der Waals surface area contributed by atoms with Gasteiger partial charge in [-0.2, -0.15) is 0 Å². The number of hydrogen-bond acceptors (Lipinski definition) is 3. The molecular weight excluding hydrogens is 295 g/mol. The SMILES string of the molecule is Cc1nccn1CCCNC(=O)c1cc(Cl)cc(F)c1N. The molecule has 3 N–H and O–H groups in total. The molecule has 5 nitrogen and oxygen atoms in total. The van der Waals surface area contributed by atoms with Crippen molar-refractivity contribution in [3.63, 3.8) is 0 Å². The van der Waals surface area contributed by atoms with Crippen molar-refractivity contribution in [3.05, 3.63) is 46.8 Å². The van der Waals surface area contributed by atoms with Crippen LogP contribution >= 0.6 is 11.6 Å². The van der Waals surface area contributed by atoms with E-state index in [2.05, 4.69) is 10.3 Å². The highest BCUT2D eigenvalue weighted by atomic mass is 35.5. The van der Waals surface area contributed by atoms with Crippen LogP contribution in [0.15, 0.2) is 24.5 Å². The first-order valence-corrected chi connectivity index (χ1v) is 6.87. The van der Waals surface area contributed by atoms with Crippen LogP contribution in [0.3, 0.4) is 0 Å². The fourth-order valence-electron chi connectivity index (χ4n) is 1.96. The molecule has 1 amide bonds. The highest BCUT2D eigenvalue weighted by Gasteiger charge is 2.14. The first kappa shape index (κ1) is 15.3. The summed E-state index contributed by atoms with van der Waals surface area (Å²) in [6, 6.07) is 2.44. The van der Waals surface area contributed by atoms with Crippen molar-refractivity contribution in [3.8, 4) is 0 Å². The number of aromatic nitrogens is 2. The lowest BCUT2D eigenvalue weighted by atomic mass is 10.1. The maximum absolute atomic E-state index is 13.4. The predicted octanol–water partition coefficient (Wildman–Crippen LogP) is 2.39. The first-order valence-electron chi connectivity index (χ1n) is 6.49. The zero-order chi connectivity index (χ0) is 15.4. The third-order valence-electron chi connectivity index (χ3n) is 3.12. The normalized spacial score (nSPS) is 10.6. The summed E-state index contributed by atoms with van der Waals surface area (Å²) in [5, 5.41) is 2.84. The van der Waals surface area contributed by atoms with Crippen LogP contribution in [0.5, 0.6) is 0 Å². The largest absolute Gasteiger partial charge is 0.396 e. The molecule has 7 heteroatoms. The molecule has 0 aliphatic heterocycles. The van der Waals surface area contributed by atoms with Gasteiger partial charge in [0, 0.05) is 30.5 Å². The molecule has 0 fully saturated rings. The number of rotatable bonds is 5. The van der Waals surface area contributed by atoms with Crippen molar-refractivity contribution in [1.82, 2.24) is 14.9 Å². The Hall–Kier alpha value is -2.08. The number of hydrogen-bond donors (Lipinski definition) is 2. The van der Waals surface area contributed by atoms with Crippen molar-refractivity contribution in [2.45, 2.75) is 19.9 Å². The smallest absolute Gasteiger partial charge is 0.253 e. The number of nitrogen functional groups attached to an aromatic ring is 1. The monoisotopic (exact) mass is 310 g/mol. The van der Waals surface area contributed by atoms with E-state index >= 15 is 0 Å². The van der Waals surface area contributed by atoms with Crippen LogP contribution in [0.1, 0.15) is 22.6 Å². The second kappa shape index (κ2) is 6.58. The van der Waals surface area contributed by atoms with E-state index in [-0.39, 0.29) is 16.3 Å². The Kier molecular flexibility index (Phi) is 4.80. The summed E-state index contributed by atoms with van der Waals surface area (Å²) in [4.78, 5) is 16.1. The van der Waals surface area contributed by atoms with Gasteiger partial charge in [-0.05, 0) is 25.5 Å². The van der Waals surface area contributed by atoms with Gasteiger partial charge in [0.2, 0.25) is 0 Å². The zero-order valence-electron chi connectivity index (χ0n) is 11.6. The number of carbonyl (C=O) groups excluding carboxylic acids is 1. The third-order valence-corrected chi connectivity index (χ3v) is 3.34. The third kappa shape index (κ3) is 3.72. The molecule has 2 rings (SSSR count). The highest BCUT2D eigenvalue weighted by Crippen LogP contribution is 2.21. The van der Waals surface area contributed by atoms with Gasteiger partial charge >= 0.3 is 0 Å². The summed E-state index contributed by atoms with van der Waals surface area (Å²) in [5.74, 6) is -0.208. The van der Waals surface area contributed by atoms with Gasteiger partial charge in [0.15, 0.2) is 0 Å². The van der Waals surface area contributed by atoms with Crippen LogP contribution in [0.4, 0.5) is 10.1 Å². The Morgan fingerprint density at radius 1 is 1.52 bits per heavy atom. The fraction of sp³-hybridized carbons (Fsp3) is 0.286.